The SMILES string of the molecule is C[C@@H](NC(=O)c1nc[nH]c1C(=O)OCC(C)(C)C)C(=O)OC(C)(C)C. The van der Waals surface area contributed by atoms with Crippen LogP contribution in [0.4, 0.5) is 0 Å². The Balaban J connectivity index is 2.76. The first-order valence-corrected chi connectivity index (χ1v) is 8.04. The molecule has 0 saturated carbocycles. The van der Waals surface area contributed by atoms with Gasteiger partial charge in [0.15, 0.2) is 11.4 Å². The molecule has 0 aromatic carbocycles. The molecule has 0 saturated heterocycles. The summed E-state index contributed by atoms with van der Waals surface area (Å²) in [6, 6.07) is -0.887. The predicted molar refractivity (Wildman–Crippen MR) is 91.1 cm³/mol. The van der Waals surface area contributed by atoms with E-state index < -0.39 is 29.5 Å². The van der Waals surface area contributed by atoms with Gasteiger partial charge in [-0.1, -0.05) is 20.8 Å². The molecular formula is C17H27N3O5. The summed E-state index contributed by atoms with van der Waals surface area (Å²) in [6.07, 6.45) is 1.22. The maximum atomic E-state index is 12.3. The highest BCUT2D eigenvalue weighted by Crippen LogP contribution is 2.15. The zero-order valence-corrected chi connectivity index (χ0v) is 15.9. The minimum Gasteiger partial charge on any atom is -0.460 e. The molecule has 1 aromatic rings. The second-order valence-electron chi connectivity index (χ2n) is 7.99. The number of hydrogen-bond donors (Lipinski definition) is 2. The fourth-order valence-electron chi connectivity index (χ4n) is 1.69. The van der Waals surface area contributed by atoms with E-state index in [2.05, 4.69) is 15.3 Å². The van der Waals surface area contributed by atoms with E-state index in [1.54, 1.807) is 20.8 Å². The van der Waals surface area contributed by atoms with Crippen LogP contribution in [0.1, 0.15) is 69.4 Å². The molecule has 8 nitrogen and oxygen atoms in total. The molecule has 8 heteroatoms. The number of nitrogens with zero attached hydrogens (tertiary/aromatic N) is 1. The van der Waals surface area contributed by atoms with Crippen LogP contribution in [0.15, 0.2) is 6.33 Å². The molecule has 0 bridgehead atoms. The van der Waals surface area contributed by atoms with Crippen molar-refractivity contribution in [3.05, 3.63) is 17.7 Å². The molecule has 0 fully saturated rings. The highest BCUT2D eigenvalue weighted by Gasteiger charge is 2.27. The molecule has 0 aliphatic rings. The number of imidazole rings is 1. The summed E-state index contributed by atoms with van der Waals surface area (Å²) in [5.41, 5.74) is -1.05. The Morgan fingerprint density at radius 2 is 1.80 bits per heavy atom. The Morgan fingerprint density at radius 3 is 2.32 bits per heavy atom. The normalized spacial score (nSPS) is 13.1. The van der Waals surface area contributed by atoms with Gasteiger partial charge in [-0.15, -0.1) is 0 Å². The van der Waals surface area contributed by atoms with Gasteiger partial charge >= 0.3 is 11.9 Å². The van der Waals surface area contributed by atoms with Crippen LogP contribution in [0.25, 0.3) is 0 Å². The van der Waals surface area contributed by atoms with Crippen LogP contribution >= 0.6 is 0 Å². The molecule has 1 aromatic heterocycles. The standard InChI is InChI=1S/C17H27N3O5/c1-10(14(22)25-17(5,6)7)20-13(21)11-12(19-9-18-11)15(23)24-8-16(2,3)4/h9-10H,8H2,1-7H3,(H,18,19)(H,20,21)/t10-/m1/s1. The summed E-state index contributed by atoms with van der Waals surface area (Å²) >= 11 is 0. The van der Waals surface area contributed by atoms with E-state index in [9.17, 15) is 14.4 Å². The van der Waals surface area contributed by atoms with Crippen LogP contribution in [-0.4, -0.2) is 46.1 Å². The fourth-order valence-corrected chi connectivity index (χ4v) is 1.69. The van der Waals surface area contributed by atoms with Gasteiger partial charge in [0.05, 0.1) is 12.9 Å². The predicted octanol–water partition coefficient (Wildman–Crippen LogP) is 2.07. The number of H-pyrrole nitrogens is 1. The molecule has 0 spiro atoms. The number of amides is 1. The molecule has 1 amide bonds. The highest BCUT2D eigenvalue weighted by atomic mass is 16.6. The summed E-state index contributed by atoms with van der Waals surface area (Å²) in [5, 5.41) is 2.47. The van der Waals surface area contributed by atoms with E-state index >= 15 is 0 Å². The van der Waals surface area contributed by atoms with Crippen LogP contribution in [0, 0.1) is 5.41 Å². The third-order valence-electron chi connectivity index (χ3n) is 2.80. The molecule has 0 radical (unpaired) electrons. The van der Waals surface area contributed by atoms with Gasteiger partial charge < -0.3 is 19.8 Å². The zero-order valence-electron chi connectivity index (χ0n) is 15.9. The zero-order chi connectivity index (χ0) is 19.4. The lowest BCUT2D eigenvalue weighted by Gasteiger charge is -2.22. The minimum absolute atomic E-state index is 0.0573. The molecule has 25 heavy (non-hydrogen) atoms. The van der Waals surface area contributed by atoms with Gasteiger partial charge in [-0.2, -0.15) is 0 Å². The summed E-state index contributed by atoms with van der Waals surface area (Å²) in [5.74, 6) is -1.92. The minimum atomic E-state index is -0.887. The maximum Gasteiger partial charge on any atom is 0.357 e. The number of carbonyl (C=O) groups excluding carboxylic acids is 3. The van der Waals surface area contributed by atoms with Crippen molar-refractivity contribution in [1.29, 1.82) is 0 Å². The fraction of sp³-hybridized carbons (Fsp3) is 0.647. The Kier molecular flexibility index (Phi) is 6.34. The molecule has 0 aliphatic carbocycles. The van der Waals surface area contributed by atoms with Gasteiger partial charge in [0, 0.05) is 0 Å². The molecule has 0 unspecified atom stereocenters. The van der Waals surface area contributed by atoms with Crippen molar-refractivity contribution in [3.8, 4) is 0 Å². The first kappa shape index (κ1) is 20.7. The number of carbonyl (C=O) groups is 3. The van der Waals surface area contributed by atoms with Gasteiger partial charge in [0.25, 0.3) is 5.91 Å². The largest absolute Gasteiger partial charge is 0.460 e. The second-order valence-corrected chi connectivity index (χ2v) is 7.99. The molecule has 1 heterocycles. The molecule has 2 N–H and O–H groups in total. The number of aromatic nitrogens is 2. The topological polar surface area (TPSA) is 110 Å². The van der Waals surface area contributed by atoms with Crippen molar-refractivity contribution in [2.75, 3.05) is 6.61 Å². The lowest BCUT2D eigenvalue weighted by atomic mass is 9.99. The van der Waals surface area contributed by atoms with E-state index in [0.717, 1.165) is 0 Å². The molecule has 140 valence electrons. The van der Waals surface area contributed by atoms with Gasteiger partial charge in [-0.25, -0.2) is 14.6 Å². The average Bonchev–Trinajstić information content (AvgIpc) is 2.91. The molecule has 0 aliphatic heterocycles. The van der Waals surface area contributed by atoms with Crippen LogP contribution in [-0.2, 0) is 14.3 Å². The van der Waals surface area contributed by atoms with Gasteiger partial charge in [0.1, 0.15) is 11.6 Å². The molecular weight excluding hydrogens is 326 g/mol. The van der Waals surface area contributed by atoms with E-state index in [0.29, 0.717) is 0 Å². The summed E-state index contributed by atoms with van der Waals surface area (Å²) < 4.78 is 10.4. The number of rotatable bonds is 5. The summed E-state index contributed by atoms with van der Waals surface area (Å²) in [7, 11) is 0. The molecule has 1 atom stereocenters. The smallest absolute Gasteiger partial charge is 0.357 e. The van der Waals surface area contributed by atoms with Crippen LogP contribution in [0.3, 0.4) is 0 Å². The Morgan fingerprint density at radius 1 is 1.20 bits per heavy atom. The Labute approximate surface area is 147 Å². The van der Waals surface area contributed by atoms with Crippen molar-refractivity contribution >= 4 is 17.8 Å². The lowest BCUT2D eigenvalue weighted by Crippen LogP contribution is -2.42. The molecule has 1 rings (SSSR count). The van der Waals surface area contributed by atoms with E-state index in [1.165, 1.54) is 13.3 Å². The van der Waals surface area contributed by atoms with E-state index in [4.69, 9.17) is 9.47 Å². The van der Waals surface area contributed by atoms with Crippen molar-refractivity contribution in [3.63, 3.8) is 0 Å². The van der Waals surface area contributed by atoms with E-state index in [1.807, 2.05) is 20.8 Å². The first-order chi connectivity index (χ1) is 11.3. The summed E-state index contributed by atoms with van der Waals surface area (Å²) in [4.78, 5) is 42.8. The van der Waals surface area contributed by atoms with Crippen LogP contribution in [0.5, 0.6) is 0 Å². The highest BCUT2D eigenvalue weighted by molar-refractivity contribution is 6.03. The number of esters is 2. The first-order valence-electron chi connectivity index (χ1n) is 8.04. The van der Waals surface area contributed by atoms with Crippen LogP contribution in [0.2, 0.25) is 0 Å². The van der Waals surface area contributed by atoms with Gasteiger partial charge in [0.2, 0.25) is 0 Å². The van der Waals surface area contributed by atoms with E-state index in [-0.39, 0.29) is 23.4 Å². The average molecular weight is 353 g/mol. The third-order valence-corrected chi connectivity index (χ3v) is 2.80. The van der Waals surface area contributed by atoms with Crippen molar-refractivity contribution in [1.82, 2.24) is 15.3 Å². The number of ether oxygens (including phenoxy) is 2. The number of hydrogen-bond acceptors (Lipinski definition) is 6. The van der Waals surface area contributed by atoms with Crippen molar-refractivity contribution in [2.24, 2.45) is 5.41 Å². The van der Waals surface area contributed by atoms with Gasteiger partial charge in [-0.3, -0.25) is 4.79 Å². The third kappa shape index (κ3) is 6.94. The Bertz CT molecular complexity index is 637. The summed E-state index contributed by atoms with van der Waals surface area (Å²) in [6.45, 7) is 12.6. The number of aromatic amines is 1. The quantitative estimate of drug-likeness (QED) is 0.784. The number of nitrogens with one attached hydrogen (secondary N) is 2. The van der Waals surface area contributed by atoms with Crippen molar-refractivity contribution < 1.29 is 23.9 Å². The maximum absolute atomic E-state index is 12.3. The monoisotopic (exact) mass is 353 g/mol. The van der Waals surface area contributed by atoms with Crippen molar-refractivity contribution in [2.45, 2.75) is 60.1 Å². The van der Waals surface area contributed by atoms with Gasteiger partial charge in [-0.05, 0) is 33.1 Å². The Hall–Kier alpha value is -2.38. The van der Waals surface area contributed by atoms with Crippen LogP contribution < -0.4 is 5.32 Å². The second kappa shape index (κ2) is 7.67. The lowest BCUT2D eigenvalue weighted by molar-refractivity contribution is -0.156.